The molecule has 3 aromatic carbocycles. The first-order valence-corrected chi connectivity index (χ1v) is 14.0. The Morgan fingerprint density at radius 1 is 0.892 bits per heavy atom. The van der Waals surface area contributed by atoms with E-state index in [1.165, 1.54) is 17.0 Å². The zero-order valence-corrected chi connectivity index (χ0v) is 22.6. The molecule has 0 radical (unpaired) electrons. The van der Waals surface area contributed by atoms with Crippen LogP contribution in [0.25, 0.3) is 0 Å². The van der Waals surface area contributed by atoms with Crippen molar-refractivity contribution in [3.63, 3.8) is 0 Å². The molecule has 0 bridgehead atoms. The summed E-state index contributed by atoms with van der Waals surface area (Å²) in [4.78, 5) is 28.3. The molecule has 1 N–H and O–H groups in total. The van der Waals surface area contributed by atoms with Crippen LogP contribution in [0, 0.1) is 0 Å². The zero-order chi connectivity index (χ0) is 26.8. The molecule has 0 fully saturated rings. The summed E-state index contributed by atoms with van der Waals surface area (Å²) in [6, 6.07) is 23.3. The van der Waals surface area contributed by atoms with Gasteiger partial charge in [0.05, 0.1) is 15.6 Å². The first kappa shape index (κ1) is 28.2. The van der Waals surface area contributed by atoms with Crippen molar-refractivity contribution in [3.05, 3.63) is 95.5 Å². The lowest BCUT2D eigenvalue weighted by Crippen LogP contribution is -2.53. The van der Waals surface area contributed by atoms with Crippen molar-refractivity contribution in [2.45, 2.75) is 37.6 Å². The molecule has 3 aromatic rings. The Labute approximate surface area is 224 Å². The van der Waals surface area contributed by atoms with Crippen LogP contribution in [-0.4, -0.2) is 50.8 Å². The largest absolute Gasteiger partial charge is 0.355 e. The molecule has 0 saturated heterocycles. The topological polar surface area (TPSA) is 86.8 Å². The summed E-state index contributed by atoms with van der Waals surface area (Å²) in [5.74, 6) is -0.768. The molecule has 0 spiro atoms. The average molecular weight is 542 g/mol. The highest BCUT2D eigenvalue weighted by Crippen LogP contribution is 2.30. The van der Waals surface area contributed by atoms with E-state index in [1.54, 1.807) is 42.5 Å². The van der Waals surface area contributed by atoms with Gasteiger partial charge in [0.2, 0.25) is 11.8 Å². The number of sulfonamides is 1. The standard InChI is InChI=1S/C28H32ClN3O4S/c1-3-25(28(34)30-4-2)31(20-19-22-13-7-5-8-14-22)27(33)21-32(26-18-12-11-17-24(26)29)37(35,36)23-15-9-6-10-16-23/h5-18,25H,3-4,19-21H2,1-2H3,(H,30,34)/t25-/m0/s1. The molecule has 0 saturated carbocycles. The van der Waals surface area contributed by atoms with Gasteiger partial charge < -0.3 is 10.2 Å². The summed E-state index contributed by atoms with van der Waals surface area (Å²) < 4.78 is 28.5. The molecule has 0 aromatic heterocycles. The van der Waals surface area contributed by atoms with E-state index in [0.29, 0.717) is 19.4 Å². The molecule has 7 nitrogen and oxygen atoms in total. The monoisotopic (exact) mass is 541 g/mol. The fourth-order valence-corrected chi connectivity index (χ4v) is 5.82. The van der Waals surface area contributed by atoms with Crippen molar-refractivity contribution in [1.29, 1.82) is 0 Å². The normalized spacial score (nSPS) is 12.0. The van der Waals surface area contributed by atoms with Crippen LogP contribution in [-0.2, 0) is 26.0 Å². The van der Waals surface area contributed by atoms with Gasteiger partial charge in [0.1, 0.15) is 12.6 Å². The van der Waals surface area contributed by atoms with E-state index < -0.39 is 28.5 Å². The number of likely N-dealkylation sites (N-methyl/N-ethyl adjacent to an activating group) is 1. The van der Waals surface area contributed by atoms with Crippen LogP contribution >= 0.6 is 11.6 Å². The van der Waals surface area contributed by atoms with Crippen LogP contribution < -0.4 is 9.62 Å². The average Bonchev–Trinajstić information content (AvgIpc) is 2.91. The molecular formula is C28H32ClN3O4S. The summed E-state index contributed by atoms with van der Waals surface area (Å²) in [7, 11) is -4.13. The highest BCUT2D eigenvalue weighted by atomic mass is 35.5. The van der Waals surface area contributed by atoms with Gasteiger partial charge in [-0.1, -0.05) is 79.2 Å². The van der Waals surface area contributed by atoms with Gasteiger partial charge in [-0.25, -0.2) is 8.42 Å². The molecule has 0 heterocycles. The van der Waals surface area contributed by atoms with Gasteiger partial charge in [0, 0.05) is 13.1 Å². The third kappa shape index (κ3) is 7.11. The summed E-state index contributed by atoms with van der Waals surface area (Å²) >= 11 is 6.40. The second kappa shape index (κ2) is 13.3. The van der Waals surface area contributed by atoms with Crippen LogP contribution in [0.1, 0.15) is 25.8 Å². The fraction of sp³-hybridized carbons (Fsp3) is 0.286. The number of amides is 2. The van der Waals surface area contributed by atoms with Gasteiger partial charge in [-0.3, -0.25) is 13.9 Å². The van der Waals surface area contributed by atoms with Gasteiger partial charge in [0.15, 0.2) is 0 Å². The molecule has 1 atom stereocenters. The summed E-state index contributed by atoms with van der Waals surface area (Å²) in [6.07, 6.45) is 0.893. The number of nitrogens with zero attached hydrogens (tertiary/aromatic N) is 2. The van der Waals surface area contributed by atoms with Crippen LogP contribution in [0.5, 0.6) is 0 Å². The smallest absolute Gasteiger partial charge is 0.264 e. The van der Waals surface area contributed by atoms with E-state index in [2.05, 4.69) is 5.32 Å². The van der Waals surface area contributed by atoms with Crippen molar-refractivity contribution < 1.29 is 18.0 Å². The molecule has 0 unspecified atom stereocenters. The Morgan fingerprint density at radius 3 is 2.08 bits per heavy atom. The molecule has 0 aliphatic carbocycles. The molecule has 2 amide bonds. The SMILES string of the molecule is CCNC(=O)[C@H](CC)N(CCc1ccccc1)C(=O)CN(c1ccccc1Cl)S(=O)(=O)c1ccccc1. The van der Waals surface area contributed by atoms with E-state index in [4.69, 9.17) is 11.6 Å². The molecule has 0 aliphatic heterocycles. The second-order valence-corrected chi connectivity index (χ2v) is 10.7. The quantitative estimate of drug-likeness (QED) is 0.365. The lowest BCUT2D eigenvalue weighted by Gasteiger charge is -2.33. The highest BCUT2D eigenvalue weighted by Gasteiger charge is 2.33. The van der Waals surface area contributed by atoms with Crippen LogP contribution in [0.2, 0.25) is 5.02 Å². The fourth-order valence-electron chi connectivity index (χ4n) is 4.07. The van der Waals surface area contributed by atoms with E-state index in [1.807, 2.05) is 44.2 Å². The van der Waals surface area contributed by atoms with Gasteiger partial charge in [-0.05, 0) is 49.6 Å². The lowest BCUT2D eigenvalue weighted by atomic mass is 10.1. The Morgan fingerprint density at radius 2 is 1.49 bits per heavy atom. The number of hydrogen-bond donors (Lipinski definition) is 1. The molecular weight excluding hydrogens is 510 g/mol. The molecule has 37 heavy (non-hydrogen) atoms. The highest BCUT2D eigenvalue weighted by molar-refractivity contribution is 7.92. The van der Waals surface area contributed by atoms with Gasteiger partial charge in [0.25, 0.3) is 10.0 Å². The van der Waals surface area contributed by atoms with Crippen molar-refractivity contribution in [1.82, 2.24) is 10.2 Å². The number of carbonyl (C=O) groups excluding carboxylic acids is 2. The minimum atomic E-state index is -4.13. The number of anilines is 1. The predicted molar refractivity (Wildman–Crippen MR) is 147 cm³/mol. The molecule has 0 aliphatic rings. The van der Waals surface area contributed by atoms with E-state index in [0.717, 1.165) is 9.87 Å². The number of para-hydroxylation sites is 1. The molecule has 3 rings (SSSR count). The Kier molecular flexibility index (Phi) is 10.1. The summed E-state index contributed by atoms with van der Waals surface area (Å²) in [6.45, 7) is 3.80. The first-order chi connectivity index (χ1) is 17.8. The van der Waals surface area contributed by atoms with Crippen molar-refractivity contribution in [3.8, 4) is 0 Å². The summed E-state index contributed by atoms with van der Waals surface area (Å²) in [5.41, 5.74) is 1.20. The van der Waals surface area contributed by atoms with Gasteiger partial charge in [-0.15, -0.1) is 0 Å². The predicted octanol–water partition coefficient (Wildman–Crippen LogP) is 4.52. The molecule has 9 heteroatoms. The summed E-state index contributed by atoms with van der Waals surface area (Å²) in [5, 5.41) is 2.99. The number of nitrogens with one attached hydrogen (secondary N) is 1. The number of benzene rings is 3. The second-order valence-electron chi connectivity index (χ2n) is 8.42. The van der Waals surface area contributed by atoms with Crippen molar-refractivity contribution in [2.75, 3.05) is 23.9 Å². The molecule has 196 valence electrons. The number of rotatable bonds is 12. The number of hydrogen-bond acceptors (Lipinski definition) is 4. The lowest BCUT2D eigenvalue weighted by molar-refractivity contribution is -0.139. The minimum absolute atomic E-state index is 0.0364. The van der Waals surface area contributed by atoms with E-state index in [9.17, 15) is 18.0 Å². The maximum absolute atomic E-state index is 13.8. The maximum Gasteiger partial charge on any atom is 0.264 e. The minimum Gasteiger partial charge on any atom is -0.355 e. The Bertz CT molecular complexity index is 1290. The van der Waals surface area contributed by atoms with E-state index >= 15 is 0 Å². The number of carbonyl (C=O) groups is 2. The third-order valence-electron chi connectivity index (χ3n) is 5.95. The Hall–Kier alpha value is -3.36. The van der Waals surface area contributed by atoms with Crippen LogP contribution in [0.3, 0.4) is 0 Å². The van der Waals surface area contributed by atoms with Crippen LogP contribution in [0.15, 0.2) is 89.8 Å². The van der Waals surface area contributed by atoms with Crippen molar-refractivity contribution >= 4 is 39.1 Å². The van der Waals surface area contributed by atoms with Gasteiger partial charge in [-0.2, -0.15) is 0 Å². The van der Waals surface area contributed by atoms with Gasteiger partial charge >= 0.3 is 0 Å². The Balaban J connectivity index is 2.00. The van der Waals surface area contributed by atoms with Crippen molar-refractivity contribution in [2.24, 2.45) is 0 Å². The third-order valence-corrected chi connectivity index (χ3v) is 8.05. The van der Waals surface area contributed by atoms with E-state index in [-0.39, 0.29) is 28.1 Å². The first-order valence-electron chi connectivity index (χ1n) is 12.2. The zero-order valence-electron chi connectivity index (χ0n) is 21.0. The maximum atomic E-state index is 13.8. The van der Waals surface area contributed by atoms with Crippen LogP contribution in [0.4, 0.5) is 5.69 Å². The number of halogens is 1.